The maximum Gasteiger partial charge on any atom is 0.187 e. The Morgan fingerprint density at radius 1 is 1.50 bits per heavy atom. The van der Waals surface area contributed by atoms with Crippen molar-refractivity contribution in [2.75, 3.05) is 0 Å². The summed E-state index contributed by atoms with van der Waals surface area (Å²) < 4.78 is -1.08. The number of hydrogen-bond donors (Lipinski definition) is 1. The summed E-state index contributed by atoms with van der Waals surface area (Å²) >= 11 is 15.2. The van der Waals surface area contributed by atoms with Crippen LogP contribution in [0.2, 0.25) is 0 Å². The molecule has 0 atom stereocenters. The number of hydrogen-bond acceptors (Lipinski definition) is 2. The maximum atomic E-state index is 8.11. The third-order valence-corrected chi connectivity index (χ3v) is 0. The molecule has 0 amide bonds. The molecule has 0 spiro atoms. The first-order chi connectivity index (χ1) is 3.41. The van der Waals surface area contributed by atoms with E-state index in [0.29, 0.717) is 0 Å². The van der Waals surface area contributed by atoms with Gasteiger partial charge < -0.3 is 5.21 Å². The van der Waals surface area contributed by atoms with Crippen molar-refractivity contribution in [3.8, 4) is 0 Å². The highest BCUT2D eigenvalue weighted by Crippen LogP contribution is 2.23. The molecule has 0 aliphatic rings. The van der Waals surface area contributed by atoms with Gasteiger partial charge in [0, 0.05) is 0 Å². The van der Waals surface area contributed by atoms with Crippen LogP contribution in [0.15, 0.2) is 5.34 Å². The molecule has 6 heteroatoms. The molecule has 0 rings (SSSR count). The molecule has 0 aromatic carbocycles. The SMILES string of the molecule is CC(Cl)(Cl)Cl.O=NO. The normalized spacial score (nSPS) is 9.00. The maximum absolute atomic E-state index is 8.11. The number of halogens is 3. The second kappa shape index (κ2) is 5.41. The van der Waals surface area contributed by atoms with Gasteiger partial charge in [-0.25, -0.2) is 0 Å². The van der Waals surface area contributed by atoms with Gasteiger partial charge in [-0.15, -0.1) is 4.91 Å². The summed E-state index contributed by atoms with van der Waals surface area (Å²) in [4.78, 5) is 8.11. The van der Waals surface area contributed by atoms with E-state index in [1.165, 1.54) is 12.3 Å². The van der Waals surface area contributed by atoms with Crippen LogP contribution in [0.1, 0.15) is 6.92 Å². The lowest BCUT2D eigenvalue weighted by atomic mass is 10.9. The molecule has 0 fully saturated rings. The van der Waals surface area contributed by atoms with Gasteiger partial charge in [-0.05, 0) is 6.92 Å². The van der Waals surface area contributed by atoms with Gasteiger partial charge in [-0.1, -0.05) is 34.8 Å². The van der Waals surface area contributed by atoms with Gasteiger partial charge in [0.15, 0.2) is 9.13 Å². The molecule has 0 saturated heterocycles. The lowest BCUT2D eigenvalue weighted by Crippen LogP contribution is -1.87. The molecule has 0 radical (unpaired) electrons. The average molecular weight is 180 g/mol. The molecular formula is C2H4Cl3NO2. The van der Waals surface area contributed by atoms with Gasteiger partial charge in [-0.3, -0.25) is 0 Å². The van der Waals surface area contributed by atoms with Crippen LogP contribution in [0.5, 0.6) is 0 Å². The number of rotatable bonds is 0. The average Bonchev–Trinajstić information content (AvgIpc) is 1.27. The Kier molecular flexibility index (Phi) is 7.52. The van der Waals surface area contributed by atoms with Gasteiger partial charge >= 0.3 is 0 Å². The van der Waals surface area contributed by atoms with Crippen LogP contribution in [0.3, 0.4) is 0 Å². The zero-order chi connectivity index (χ0) is 7.21. The first-order valence-electron chi connectivity index (χ1n) is 1.45. The van der Waals surface area contributed by atoms with E-state index in [1.807, 2.05) is 0 Å². The quantitative estimate of drug-likeness (QED) is 0.354. The number of alkyl halides is 3. The van der Waals surface area contributed by atoms with E-state index in [4.69, 9.17) is 44.9 Å². The summed E-state index contributed by atoms with van der Waals surface area (Å²) in [6.45, 7) is 1.48. The fraction of sp³-hybridized carbons (Fsp3) is 1.00. The Bertz CT molecular complexity index is 54.8. The minimum atomic E-state index is -1.08. The predicted molar refractivity (Wildman–Crippen MR) is 33.5 cm³/mol. The Morgan fingerprint density at radius 2 is 1.50 bits per heavy atom. The summed E-state index contributed by atoms with van der Waals surface area (Å²) in [6.07, 6.45) is 0. The third kappa shape index (κ3) is 2390. The van der Waals surface area contributed by atoms with Gasteiger partial charge in [0.25, 0.3) is 0 Å². The van der Waals surface area contributed by atoms with Crippen LogP contribution in [0.25, 0.3) is 0 Å². The highest BCUT2D eigenvalue weighted by Gasteiger charge is 2.07. The summed E-state index contributed by atoms with van der Waals surface area (Å²) in [6, 6.07) is 0. The minimum Gasteiger partial charge on any atom is -0.379 e. The lowest BCUT2D eigenvalue weighted by molar-refractivity contribution is 0.312. The first-order valence-corrected chi connectivity index (χ1v) is 2.58. The topological polar surface area (TPSA) is 49.7 Å². The Hall–Kier alpha value is 0.270. The fourth-order valence-electron chi connectivity index (χ4n) is 0. The van der Waals surface area contributed by atoms with Crippen molar-refractivity contribution < 1.29 is 5.21 Å². The summed E-state index contributed by atoms with van der Waals surface area (Å²) in [5.74, 6) is 0. The Balaban J connectivity index is 0. The highest BCUT2D eigenvalue weighted by molar-refractivity contribution is 6.67. The molecule has 0 aromatic heterocycles. The van der Waals surface area contributed by atoms with Gasteiger partial charge in [0.1, 0.15) is 0 Å². The standard InChI is InChI=1S/C2H3Cl3.HNO2/c1-2(3,4)5;2-1-3/h1H3;(H,2,3). The molecule has 3 nitrogen and oxygen atoms in total. The zero-order valence-electron chi connectivity index (χ0n) is 3.94. The second-order valence-electron chi connectivity index (χ2n) is 0.863. The van der Waals surface area contributed by atoms with Crippen molar-refractivity contribution in [3.05, 3.63) is 4.91 Å². The van der Waals surface area contributed by atoms with Crippen molar-refractivity contribution in [2.45, 2.75) is 10.7 Å². The van der Waals surface area contributed by atoms with Gasteiger partial charge in [0.2, 0.25) is 0 Å². The summed E-state index contributed by atoms with van der Waals surface area (Å²) in [7, 11) is 0. The smallest absolute Gasteiger partial charge is 0.187 e. The molecule has 1 N–H and O–H groups in total. The first kappa shape index (κ1) is 11.1. The van der Waals surface area contributed by atoms with Crippen LogP contribution < -0.4 is 0 Å². The van der Waals surface area contributed by atoms with Crippen LogP contribution >= 0.6 is 34.8 Å². The number of nitrogens with zero attached hydrogens (tertiary/aromatic N) is 1. The van der Waals surface area contributed by atoms with Crippen molar-refractivity contribution in [3.63, 3.8) is 0 Å². The van der Waals surface area contributed by atoms with Crippen LogP contribution in [0.4, 0.5) is 0 Å². The molecule has 0 unspecified atom stereocenters. The van der Waals surface area contributed by atoms with Crippen LogP contribution in [-0.4, -0.2) is 9.00 Å². The molecule has 0 aromatic rings. The molecule has 8 heavy (non-hydrogen) atoms. The van der Waals surface area contributed by atoms with Gasteiger partial charge in [-0.2, -0.15) is 0 Å². The highest BCUT2D eigenvalue weighted by atomic mass is 35.6. The molecule has 0 heterocycles. The van der Waals surface area contributed by atoms with E-state index in [9.17, 15) is 0 Å². The van der Waals surface area contributed by atoms with E-state index in [-0.39, 0.29) is 0 Å². The third-order valence-electron chi connectivity index (χ3n) is 0. The van der Waals surface area contributed by atoms with Crippen LogP contribution in [0, 0.1) is 4.91 Å². The Labute approximate surface area is 61.5 Å². The van der Waals surface area contributed by atoms with Crippen molar-refractivity contribution >= 4 is 34.8 Å². The van der Waals surface area contributed by atoms with Crippen LogP contribution in [-0.2, 0) is 0 Å². The minimum absolute atomic E-state index is 1.08. The summed E-state index contributed by atoms with van der Waals surface area (Å²) in [5.41, 5.74) is 0. The molecule has 0 saturated carbocycles. The van der Waals surface area contributed by atoms with E-state index in [2.05, 4.69) is 0 Å². The molecule has 0 aliphatic carbocycles. The van der Waals surface area contributed by atoms with Gasteiger partial charge in [0.05, 0.1) is 0 Å². The van der Waals surface area contributed by atoms with Crippen molar-refractivity contribution in [1.29, 1.82) is 0 Å². The summed E-state index contributed by atoms with van der Waals surface area (Å²) in [5, 5.41) is 7.89. The van der Waals surface area contributed by atoms with E-state index >= 15 is 0 Å². The van der Waals surface area contributed by atoms with E-state index in [1.54, 1.807) is 0 Å². The predicted octanol–water partition coefficient (Wildman–Crippen LogP) is 2.52. The largest absolute Gasteiger partial charge is 0.379 e. The lowest BCUT2D eigenvalue weighted by Gasteiger charge is -1.94. The second-order valence-corrected chi connectivity index (χ2v) is 3.71. The van der Waals surface area contributed by atoms with E-state index < -0.39 is 3.79 Å². The molecular weight excluding hydrogens is 176 g/mol. The zero-order valence-corrected chi connectivity index (χ0v) is 6.20. The molecule has 0 bridgehead atoms. The van der Waals surface area contributed by atoms with Crippen molar-refractivity contribution in [1.82, 2.24) is 0 Å². The fourth-order valence-corrected chi connectivity index (χ4v) is 0. The van der Waals surface area contributed by atoms with Crippen molar-refractivity contribution in [2.24, 2.45) is 5.34 Å². The van der Waals surface area contributed by atoms with E-state index in [0.717, 1.165) is 0 Å². The Morgan fingerprint density at radius 3 is 1.50 bits per heavy atom. The molecule has 50 valence electrons. The molecule has 0 aliphatic heterocycles. The monoisotopic (exact) mass is 179 g/mol.